The van der Waals surface area contributed by atoms with E-state index in [1.807, 2.05) is 6.92 Å². The van der Waals surface area contributed by atoms with Gasteiger partial charge in [-0.25, -0.2) is 4.99 Å². The van der Waals surface area contributed by atoms with Crippen molar-refractivity contribution in [3.05, 3.63) is 35.9 Å². The summed E-state index contributed by atoms with van der Waals surface area (Å²) in [6.07, 6.45) is 3.28. The van der Waals surface area contributed by atoms with E-state index in [0.717, 1.165) is 71.2 Å². The third-order valence-corrected chi connectivity index (χ3v) is 6.18. The van der Waals surface area contributed by atoms with E-state index in [4.69, 9.17) is 9.73 Å². The minimum absolute atomic E-state index is 0. The zero-order valence-electron chi connectivity index (χ0n) is 19.8. The SMILES string of the molecule is CCOCC1CCN(C(=NCC(=O)N(C)C)NC2CCN(Cc3ccccc3)CC2)C1.I. The fraction of sp³-hybridized carbons (Fsp3) is 0.667. The van der Waals surface area contributed by atoms with Gasteiger partial charge in [0.2, 0.25) is 5.91 Å². The quantitative estimate of drug-likeness (QED) is 0.303. The highest BCUT2D eigenvalue weighted by atomic mass is 127. The molecule has 0 radical (unpaired) electrons. The number of nitrogens with one attached hydrogen (secondary N) is 1. The molecular weight excluding hydrogens is 517 g/mol. The molecule has 0 aliphatic carbocycles. The molecule has 7 nitrogen and oxygen atoms in total. The Morgan fingerprint density at radius 2 is 1.88 bits per heavy atom. The topological polar surface area (TPSA) is 60.4 Å². The number of aliphatic imine (C=N–C) groups is 1. The first-order valence-corrected chi connectivity index (χ1v) is 11.6. The number of piperidine rings is 1. The molecule has 0 aromatic heterocycles. The molecule has 2 aliphatic heterocycles. The normalized spacial score (nSPS) is 20.2. The molecular formula is C24H40IN5O2. The van der Waals surface area contributed by atoms with Crippen LogP contribution in [0.5, 0.6) is 0 Å². The Labute approximate surface area is 210 Å². The zero-order valence-corrected chi connectivity index (χ0v) is 22.2. The molecule has 2 fully saturated rings. The molecule has 0 saturated carbocycles. The van der Waals surface area contributed by atoms with Crippen LogP contribution in [-0.2, 0) is 16.1 Å². The molecule has 2 saturated heterocycles. The average molecular weight is 558 g/mol. The number of carbonyl (C=O) groups is 1. The number of guanidine groups is 1. The van der Waals surface area contributed by atoms with Gasteiger partial charge < -0.3 is 19.9 Å². The molecule has 1 aromatic rings. The molecule has 1 N–H and O–H groups in total. The van der Waals surface area contributed by atoms with Gasteiger partial charge in [0.1, 0.15) is 6.54 Å². The number of rotatable bonds is 8. The van der Waals surface area contributed by atoms with E-state index < -0.39 is 0 Å². The van der Waals surface area contributed by atoms with Crippen molar-refractivity contribution >= 4 is 35.8 Å². The van der Waals surface area contributed by atoms with Gasteiger partial charge in [0, 0.05) is 65.4 Å². The predicted octanol–water partition coefficient (Wildman–Crippen LogP) is 2.66. The number of likely N-dealkylation sites (N-methyl/N-ethyl adjacent to an activating group) is 1. The number of nitrogens with zero attached hydrogens (tertiary/aromatic N) is 4. The molecule has 180 valence electrons. The summed E-state index contributed by atoms with van der Waals surface area (Å²) in [4.78, 5) is 23.3. The maximum Gasteiger partial charge on any atom is 0.243 e. The van der Waals surface area contributed by atoms with Crippen molar-refractivity contribution in [3.63, 3.8) is 0 Å². The Morgan fingerprint density at radius 3 is 2.53 bits per heavy atom. The van der Waals surface area contributed by atoms with Crippen molar-refractivity contribution < 1.29 is 9.53 Å². The van der Waals surface area contributed by atoms with Crippen molar-refractivity contribution in [3.8, 4) is 0 Å². The molecule has 0 spiro atoms. The number of benzene rings is 1. The van der Waals surface area contributed by atoms with Gasteiger partial charge in [-0.15, -0.1) is 24.0 Å². The summed E-state index contributed by atoms with van der Waals surface area (Å²) in [7, 11) is 3.56. The van der Waals surface area contributed by atoms with Crippen LogP contribution < -0.4 is 5.32 Å². The minimum atomic E-state index is 0. The van der Waals surface area contributed by atoms with Gasteiger partial charge in [0.25, 0.3) is 0 Å². The molecule has 1 atom stereocenters. The van der Waals surface area contributed by atoms with E-state index in [0.29, 0.717) is 12.0 Å². The fourth-order valence-corrected chi connectivity index (χ4v) is 4.23. The first-order valence-electron chi connectivity index (χ1n) is 11.6. The maximum atomic E-state index is 12.1. The van der Waals surface area contributed by atoms with Crippen molar-refractivity contribution in [2.75, 3.05) is 60.0 Å². The van der Waals surface area contributed by atoms with Crippen LogP contribution in [0.4, 0.5) is 0 Å². The molecule has 1 amide bonds. The Kier molecular flexibility index (Phi) is 11.7. The summed E-state index contributed by atoms with van der Waals surface area (Å²) >= 11 is 0. The van der Waals surface area contributed by atoms with Crippen LogP contribution in [0.1, 0.15) is 31.7 Å². The van der Waals surface area contributed by atoms with E-state index in [1.165, 1.54) is 5.56 Å². The fourth-order valence-electron chi connectivity index (χ4n) is 4.23. The summed E-state index contributed by atoms with van der Waals surface area (Å²) in [6, 6.07) is 11.1. The number of hydrogen-bond acceptors (Lipinski definition) is 4. The lowest BCUT2D eigenvalue weighted by atomic mass is 10.0. The highest BCUT2D eigenvalue weighted by molar-refractivity contribution is 14.0. The molecule has 3 rings (SSSR count). The number of likely N-dealkylation sites (tertiary alicyclic amines) is 2. The third kappa shape index (κ3) is 8.51. The second-order valence-corrected chi connectivity index (χ2v) is 8.87. The van der Waals surface area contributed by atoms with Gasteiger partial charge in [-0.3, -0.25) is 9.69 Å². The Bertz CT molecular complexity index is 708. The molecule has 2 heterocycles. The van der Waals surface area contributed by atoms with Crippen LogP contribution in [0, 0.1) is 5.92 Å². The Hall–Kier alpha value is -1.39. The molecule has 32 heavy (non-hydrogen) atoms. The zero-order chi connectivity index (χ0) is 22.1. The van der Waals surface area contributed by atoms with Gasteiger partial charge in [0.15, 0.2) is 5.96 Å². The van der Waals surface area contributed by atoms with Crippen LogP contribution in [0.25, 0.3) is 0 Å². The lowest BCUT2D eigenvalue weighted by Gasteiger charge is -2.34. The molecule has 8 heteroatoms. The summed E-state index contributed by atoms with van der Waals surface area (Å²) in [5.74, 6) is 1.45. The monoisotopic (exact) mass is 557 g/mol. The first-order chi connectivity index (χ1) is 15.0. The highest BCUT2D eigenvalue weighted by Gasteiger charge is 2.28. The standard InChI is InChI=1S/C24H39N5O2.HI/c1-4-31-19-21-10-15-29(18-21)24(25-16-23(30)27(2)3)26-22-11-13-28(14-12-22)17-20-8-6-5-7-9-20;/h5-9,21-22H,4,10-19H2,1-3H3,(H,25,26);1H. The van der Waals surface area contributed by atoms with Crippen molar-refractivity contribution in [2.45, 2.75) is 38.8 Å². The minimum Gasteiger partial charge on any atom is -0.381 e. The molecule has 2 aliphatic rings. The smallest absolute Gasteiger partial charge is 0.243 e. The van der Waals surface area contributed by atoms with Crippen molar-refractivity contribution in [2.24, 2.45) is 10.9 Å². The Balaban J connectivity index is 0.00000363. The summed E-state index contributed by atoms with van der Waals surface area (Å²) in [5, 5.41) is 3.69. The van der Waals surface area contributed by atoms with Gasteiger partial charge >= 0.3 is 0 Å². The number of hydrogen-bond donors (Lipinski definition) is 1. The second-order valence-electron chi connectivity index (χ2n) is 8.87. The second kappa shape index (κ2) is 14.0. The van der Waals surface area contributed by atoms with E-state index in [2.05, 4.69) is 45.4 Å². The van der Waals surface area contributed by atoms with Crippen LogP contribution in [0.2, 0.25) is 0 Å². The summed E-state index contributed by atoms with van der Waals surface area (Å²) in [6.45, 7) is 8.85. The lowest BCUT2D eigenvalue weighted by Crippen LogP contribution is -2.49. The van der Waals surface area contributed by atoms with Gasteiger partial charge in [0.05, 0.1) is 6.61 Å². The van der Waals surface area contributed by atoms with Crippen molar-refractivity contribution in [1.29, 1.82) is 0 Å². The average Bonchev–Trinajstić information content (AvgIpc) is 3.25. The third-order valence-electron chi connectivity index (χ3n) is 6.18. The highest BCUT2D eigenvalue weighted by Crippen LogP contribution is 2.19. The Morgan fingerprint density at radius 1 is 1.16 bits per heavy atom. The molecule has 1 aromatic carbocycles. The largest absolute Gasteiger partial charge is 0.381 e. The summed E-state index contributed by atoms with van der Waals surface area (Å²) < 4.78 is 5.63. The number of amides is 1. The predicted molar refractivity (Wildman–Crippen MR) is 140 cm³/mol. The van der Waals surface area contributed by atoms with Crippen LogP contribution in [-0.4, -0.2) is 92.6 Å². The van der Waals surface area contributed by atoms with E-state index in [1.54, 1.807) is 19.0 Å². The van der Waals surface area contributed by atoms with Gasteiger partial charge in [-0.1, -0.05) is 30.3 Å². The molecule has 0 bridgehead atoms. The van der Waals surface area contributed by atoms with E-state index >= 15 is 0 Å². The summed E-state index contributed by atoms with van der Waals surface area (Å²) in [5.41, 5.74) is 1.37. The van der Waals surface area contributed by atoms with Crippen LogP contribution in [0.15, 0.2) is 35.3 Å². The van der Waals surface area contributed by atoms with Crippen LogP contribution >= 0.6 is 24.0 Å². The number of carbonyl (C=O) groups excluding carboxylic acids is 1. The lowest BCUT2D eigenvalue weighted by molar-refractivity contribution is -0.127. The van der Waals surface area contributed by atoms with Gasteiger partial charge in [-0.05, 0) is 31.7 Å². The number of ether oxygens (including phenoxy) is 1. The van der Waals surface area contributed by atoms with E-state index in [9.17, 15) is 4.79 Å². The maximum absolute atomic E-state index is 12.1. The van der Waals surface area contributed by atoms with E-state index in [-0.39, 0.29) is 36.4 Å². The van der Waals surface area contributed by atoms with Gasteiger partial charge in [-0.2, -0.15) is 0 Å². The van der Waals surface area contributed by atoms with Crippen LogP contribution in [0.3, 0.4) is 0 Å². The number of halogens is 1. The van der Waals surface area contributed by atoms with Crippen molar-refractivity contribution in [1.82, 2.24) is 20.0 Å². The first kappa shape index (κ1) is 26.9. The molecule has 1 unspecified atom stereocenters.